The van der Waals surface area contributed by atoms with E-state index in [0.717, 1.165) is 19.4 Å². The van der Waals surface area contributed by atoms with Crippen molar-refractivity contribution >= 4 is 14.6 Å². The van der Waals surface area contributed by atoms with Crippen LogP contribution in [0.2, 0.25) is 0 Å². The monoisotopic (exact) mass is 256 g/mol. The molecule has 2 N–H and O–H groups in total. The fourth-order valence-corrected chi connectivity index (χ4v) is 3.20. The Balaban J connectivity index is 2.04. The van der Waals surface area contributed by atoms with E-state index in [1.807, 2.05) is 0 Å². The van der Waals surface area contributed by atoms with Crippen LogP contribution in [0, 0.1) is 0 Å². The molecule has 0 saturated carbocycles. The van der Waals surface area contributed by atoms with Gasteiger partial charge in [-0.05, 0) is 35.6 Å². The van der Waals surface area contributed by atoms with Crippen LogP contribution >= 0.6 is 8.88 Å². The third kappa shape index (κ3) is 2.14. The Hall–Kier alpha value is -1.37. The minimum atomic E-state index is 0.312. The zero-order valence-electron chi connectivity index (χ0n) is 10.3. The van der Waals surface area contributed by atoms with Crippen molar-refractivity contribution in [3.63, 3.8) is 0 Å². The van der Waals surface area contributed by atoms with Gasteiger partial charge < -0.3 is 4.67 Å². The Morgan fingerprint density at radius 2 is 1.44 bits per heavy atom. The number of nitrogens with zero attached hydrogens (tertiary/aromatic N) is 1. The topological polar surface area (TPSA) is 29.3 Å². The van der Waals surface area contributed by atoms with E-state index in [-0.39, 0.29) is 0 Å². The Bertz CT molecular complexity index is 554. The van der Waals surface area contributed by atoms with Crippen LogP contribution in [-0.4, -0.2) is 0 Å². The van der Waals surface area contributed by atoms with Crippen LogP contribution in [0.5, 0.6) is 0 Å². The quantitative estimate of drug-likeness (QED) is 0.793. The van der Waals surface area contributed by atoms with Gasteiger partial charge in [-0.15, -0.1) is 0 Å². The number of anilines is 1. The highest BCUT2D eigenvalue weighted by Gasteiger charge is 2.15. The van der Waals surface area contributed by atoms with E-state index in [4.69, 9.17) is 5.50 Å². The second-order valence-corrected chi connectivity index (χ2v) is 5.41. The van der Waals surface area contributed by atoms with E-state index < -0.39 is 0 Å². The van der Waals surface area contributed by atoms with Crippen molar-refractivity contribution < 1.29 is 0 Å². The van der Waals surface area contributed by atoms with Gasteiger partial charge in [0.25, 0.3) is 0 Å². The fraction of sp³-hybridized carbons (Fsp3) is 0.200. The Labute approximate surface area is 110 Å². The lowest BCUT2D eigenvalue weighted by Crippen LogP contribution is -2.19. The number of nitrogens with two attached hydrogens (primary N) is 1. The van der Waals surface area contributed by atoms with Crippen LogP contribution in [0.4, 0.5) is 5.69 Å². The maximum Gasteiger partial charge on any atom is 0.0479 e. The van der Waals surface area contributed by atoms with Gasteiger partial charge in [0.05, 0.1) is 0 Å². The van der Waals surface area contributed by atoms with E-state index >= 15 is 0 Å². The molecule has 3 rings (SSSR count). The van der Waals surface area contributed by atoms with Crippen LogP contribution < -0.4 is 10.2 Å². The summed E-state index contributed by atoms with van der Waals surface area (Å²) in [5.74, 6) is 0. The highest BCUT2D eigenvalue weighted by molar-refractivity contribution is 7.37. The molecule has 0 radical (unpaired) electrons. The molecule has 2 aromatic carbocycles. The van der Waals surface area contributed by atoms with E-state index in [0.29, 0.717) is 8.88 Å². The van der Waals surface area contributed by atoms with Crippen LogP contribution in [0.25, 0.3) is 0 Å². The molecule has 1 aliphatic rings. The molecular formula is C15H17N2P. The molecule has 0 fully saturated rings. The molecule has 3 heteroatoms. The van der Waals surface area contributed by atoms with Crippen LogP contribution in [0.3, 0.4) is 0 Å². The van der Waals surface area contributed by atoms with E-state index in [1.54, 1.807) is 0 Å². The molecular weight excluding hydrogens is 239 g/mol. The number of para-hydroxylation sites is 1. The zero-order valence-corrected chi connectivity index (χ0v) is 11.3. The summed E-state index contributed by atoms with van der Waals surface area (Å²) in [7, 11) is 0.312. The van der Waals surface area contributed by atoms with Gasteiger partial charge in [-0.25, -0.2) is 0 Å². The largest absolute Gasteiger partial charge is 0.336 e. The van der Waals surface area contributed by atoms with Gasteiger partial charge in [0, 0.05) is 21.1 Å². The average molecular weight is 256 g/mol. The first kappa shape index (κ1) is 11.7. The summed E-state index contributed by atoms with van der Waals surface area (Å²) >= 11 is 0. The standard InChI is InChI=1S/C15H17N2P/c16-18-17-11-14-7-2-1-5-12(14)9-10-13-6-3-4-8-15(13)17/h1-8,18H,9-11,16H2. The molecule has 0 saturated heterocycles. The molecule has 1 unspecified atom stereocenters. The first-order valence-electron chi connectivity index (χ1n) is 6.27. The smallest absolute Gasteiger partial charge is 0.0479 e. The van der Waals surface area contributed by atoms with E-state index in [1.165, 1.54) is 22.4 Å². The number of aryl methyl sites for hydroxylation is 2. The maximum absolute atomic E-state index is 5.95. The Kier molecular flexibility index (Phi) is 3.31. The lowest BCUT2D eigenvalue weighted by Gasteiger charge is -2.28. The summed E-state index contributed by atoms with van der Waals surface area (Å²) in [4.78, 5) is 0. The number of hydrogen-bond acceptors (Lipinski definition) is 2. The minimum absolute atomic E-state index is 0.312. The molecule has 1 heterocycles. The molecule has 0 bridgehead atoms. The van der Waals surface area contributed by atoms with E-state index in [9.17, 15) is 0 Å². The first-order chi connectivity index (χ1) is 8.88. The SMILES string of the molecule is NPN1Cc2ccccc2CCc2ccccc21. The van der Waals surface area contributed by atoms with Crippen molar-refractivity contribution in [1.29, 1.82) is 0 Å². The summed E-state index contributed by atoms with van der Waals surface area (Å²) in [5.41, 5.74) is 11.5. The summed E-state index contributed by atoms with van der Waals surface area (Å²) < 4.78 is 2.29. The van der Waals surface area contributed by atoms with Gasteiger partial charge in [0.1, 0.15) is 0 Å². The van der Waals surface area contributed by atoms with Crippen molar-refractivity contribution in [2.24, 2.45) is 5.50 Å². The number of hydrogen-bond donors (Lipinski definition) is 1. The number of benzene rings is 2. The van der Waals surface area contributed by atoms with Crippen LogP contribution in [0.1, 0.15) is 16.7 Å². The number of fused-ring (bicyclic) bond motifs is 2. The molecule has 2 nitrogen and oxygen atoms in total. The lowest BCUT2D eigenvalue weighted by molar-refractivity contribution is 0.886. The predicted octanol–water partition coefficient (Wildman–Crippen LogP) is 3.26. The van der Waals surface area contributed by atoms with Crippen molar-refractivity contribution in [1.82, 2.24) is 0 Å². The van der Waals surface area contributed by atoms with Crippen LogP contribution in [0.15, 0.2) is 48.5 Å². The predicted molar refractivity (Wildman–Crippen MR) is 79.0 cm³/mol. The molecule has 0 aromatic heterocycles. The number of rotatable bonds is 1. The maximum atomic E-state index is 5.95. The van der Waals surface area contributed by atoms with Crippen molar-refractivity contribution in [3.05, 3.63) is 65.2 Å². The van der Waals surface area contributed by atoms with Gasteiger partial charge in [-0.1, -0.05) is 42.5 Å². The zero-order chi connectivity index (χ0) is 12.4. The van der Waals surface area contributed by atoms with Gasteiger partial charge in [-0.2, -0.15) is 0 Å². The van der Waals surface area contributed by atoms with Gasteiger partial charge >= 0.3 is 0 Å². The Morgan fingerprint density at radius 1 is 0.833 bits per heavy atom. The molecule has 2 aromatic rings. The first-order valence-corrected chi connectivity index (χ1v) is 7.29. The fourth-order valence-electron chi connectivity index (χ4n) is 2.58. The summed E-state index contributed by atoms with van der Waals surface area (Å²) in [5, 5.41) is 0. The lowest BCUT2D eigenvalue weighted by atomic mass is 9.96. The van der Waals surface area contributed by atoms with Gasteiger partial charge in [0.2, 0.25) is 0 Å². The Morgan fingerprint density at radius 3 is 2.22 bits per heavy atom. The molecule has 0 amide bonds. The summed E-state index contributed by atoms with van der Waals surface area (Å²) in [6.07, 6.45) is 2.21. The second kappa shape index (κ2) is 5.09. The summed E-state index contributed by atoms with van der Waals surface area (Å²) in [6.45, 7) is 0.919. The highest BCUT2D eigenvalue weighted by Crippen LogP contribution is 2.32. The van der Waals surface area contributed by atoms with Crippen molar-refractivity contribution in [3.8, 4) is 0 Å². The molecule has 18 heavy (non-hydrogen) atoms. The molecule has 1 atom stereocenters. The van der Waals surface area contributed by atoms with Gasteiger partial charge in [0.15, 0.2) is 0 Å². The molecule has 0 aliphatic carbocycles. The normalized spacial score (nSPS) is 15.1. The van der Waals surface area contributed by atoms with Gasteiger partial charge in [-0.3, -0.25) is 5.50 Å². The minimum Gasteiger partial charge on any atom is -0.336 e. The van der Waals surface area contributed by atoms with Crippen LogP contribution in [-0.2, 0) is 19.4 Å². The molecule has 1 aliphatic heterocycles. The third-order valence-corrected chi connectivity index (χ3v) is 4.26. The highest BCUT2D eigenvalue weighted by atomic mass is 31.1. The van der Waals surface area contributed by atoms with Crippen molar-refractivity contribution in [2.45, 2.75) is 19.4 Å². The molecule has 0 spiro atoms. The van der Waals surface area contributed by atoms with E-state index in [2.05, 4.69) is 53.2 Å². The average Bonchev–Trinajstić information content (AvgIpc) is 2.41. The molecule has 92 valence electrons. The van der Waals surface area contributed by atoms with Crippen molar-refractivity contribution in [2.75, 3.05) is 4.67 Å². The second-order valence-electron chi connectivity index (χ2n) is 4.61. The summed E-state index contributed by atoms with van der Waals surface area (Å²) in [6, 6.07) is 17.3. The third-order valence-electron chi connectivity index (χ3n) is 3.55.